The molecule has 20 heavy (non-hydrogen) atoms. The molecule has 0 spiro atoms. The van der Waals surface area contributed by atoms with Gasteiger partial charge in [0.2, 0.25) is 0 Å². The van der Waals surface area contributed by atoms with Crippen LogP contribution in [0.4, 0.5) is 0 Å². The van der Waals surface area contributed by atoms with Gasteiger partial charge in [0.05, 0.1) is 12.7 Å². The number of ether oxygens (including phenoxy) is 1. The van der Waals surface area contributed by atoms with E-state index in [4.69, 9.17) is 4.74 Å². The van der Waals surface area contributed by atoms with Gasteiger partial charge in [0.15, 0.2) is 0 Å². The molecule has 0 bridgehead atoms. The van der Waals surface area contributed by atoms with Crippen molar-refractivity contribution in [2.75, 3.05) is 6.61 Å². The van der Waals surface area contributed by atoms with Crippen molar-refractivity contribution in [2.24, 2.45) is 0 Å². The van der Waals surface area contributed by atoms with Crippen molar-refractivity contribution < 1.29 is 9.84 Å². The van der Waals surface area contributed by atoms with Crippen molar-refractivity contribution in [1.29, 1.82) is 0 Å². The van der Waals surface area contributed by atoms with E-state index in [1.807, 2.05) is 48.5 Å². The molecule has 0 amide bonds. The molecule has 0 aliphatic rings. The zero-order chi connectivity index (χ0) is 14.4. The van der Waals surface area contributed by atoms with E-state index in [9.17, 15) is 5.11 Å². The Morgan fingerprint density at radius 3 is 2.30 bits per heavy atom. The number of aliphatic hydroxyl groups is 1. The lowest BCUT2D eigenvalue weighted by Crippen LogP contribution is -2.06. The molecule has 2 heteroatoms. The first-order chi connectivity index (χ1) is 9.68. The minimum absolute atomic E-state index is 0.435. The number of rotatable bonds is 6. The molecule has 2 rings (SSSR count). The van der Waals surface area contributed by atoms with Gasteiger partial charge in [-0.2, -0.15) is 0 Å². The Balaban J connectivity index is 1.90. The average molecular weight is 270 g/mol. The Kier molecular flexibility index (Phi) is 5.19. The Bertz CT molecular complexity index is 520. The molecule has 0 saturated carbocycles. The van der Waals surface area contributed by atoms with E-state index >= 15 is 0 Å². The minimum atomic E-state index is -0.470. The second kappa shape index (κ2) is 7.11. The summed E-state index contributed by atoms with van der Waals surface area (Å²) in [5.74, 6) is 1.35. The van der Waals surface area contributed by atoms with E-state index in [-0.39, 0.29) is 0 Å². The highest BCUT2D eigenvalue weighted by Gasteiger charge is 2.09. The summed E-state index contributed by atoms with van der Waals surface area (Å²) in [6.07, 6.45) is 0.124. The van der Waals surface area contributed by atoms with E-state index in [0.29, 0.717) is 18.9 Å². The number of hydrogen-bond acceptors (Lipinski definition) is 2. The highest BCUT2D eigenvalue weighted by atomic mass is 16.5. The van der Waals surface area contributed by atoms with Crippen molar-refractivity contribution in [3.8, 4) is 5.75 Å². The topological polar surface area (TPSA) is 29.5 Å². The van der Waals surface area contributed by atoms with Crippen LogP contribution in [-0.4, -0.2) is 11.7 Å². The van der Waals surface area contributed by atoms with Gasteiger partial charge in [-0.15, -0.1) is 0 Å². The fraction of sp³-hybridized carbons (Fsp3) is 0.333. The normalized spacial score (nSPS) is 12.4. The highest BCUT2D eigenvalue weighted by molar-refractivity contribution is 5.35. The lowest BCUT2D eigenvalue weighted by Gasteiger charge is -2.15. The number of para-hydroxylation sites is 1. The third-order valence-corrected chi connectivity index (χ3v) is 3.37. The number of hydrogen-bond donors (Lipinski definition) is 1. The molecule has 2 aromatic rings. The zero-order valence-electron chi connectivity index (χ0n) is 12.1. The van der Waals surface area contributed by atoms with Gasteiger partial charge < -0.3 is 9.84 Å². The second-order valence-electron chi connectivity index (χ2n) is 5.26. The van der Waals surface area contributed by atoms with Crippen LogP contribution in [0.15, 0.2) is 54.6 Å². The summed E-state index contributed by atoms with van der Waals surface area (Å²) in [4.78, 5) is 0. The Morgan fingerprint density at radius 1 is 0.950 bits per heavy atom. The lowest BCUT2D eigenvalue weighted by atomic mass is 10.0. The second-order valence-corrected chi connectivity index (χ2v) is 5.26. The molecular formula is C18H22O2. The first-order valence-electron chi connectivity index (χ1n) is 7.13. The maximum Gasteiger partial charge on any atom is 0.122 e. The Morgan fingerprint density at radius 2 is 1.60 bits per heavy atom. The van der Waals surface area contributed by atoms with Crippen LogP contribution in [-0.2, 0) is 0 Å². The fourth-order valence-corrected chi connectivity index (χ4v) is 2.21. The van der Waals surface area contributed by atoms with Crippen LogP contribution in [0.1, 0.15) is 43.4 Å². The number of aliphatic hydroxyl groups excluding tert-OH is 1. The fourth-order valence-electron chi connectivity index (χ4n) is 2.21. The zero-order valence-corrected chi connectivity index (χ0v) is 12.1. The molecule has 1 unspecified atom stereocenters. The molecule has 0 saturated heterocycles. The average Bonchev–Trinajstić information content (AvgIpc) is 2.48. The third kappa shape index (κ3) is 3.84. The van der Waals surface area contributed by atoms with Gasteiger partial charge in [-0.25, -0.2) is 0 Å². The maximum atomic E-state index is 10.1. The van der Waals surface area contributed by atoms with Crippen LogP contribution in [0.3, 0.4) is 0 Å². The van der Waals surface area contributed by atoms with E-state index in [2.05, 4.69) is 19.9 Å². The third-order valence-electron chi connectivity index (χ3n) is 3.37. The first kappa shape index (κ1) is 14.6. The summed E-state index contributed by atoms with van der Waals surface area (Å²) in [6, 6.07) is 17.8. The lowest BCUT2D eigenvalue weighted by molar-refractivity contribution is 0.140. The molecule has 1 N–H and O–H groups in total. The molecule has 0 aromatic heterocycles. The predicted octanol–water partition coefficient (Wildman–Crippen LogP) is 4.31. The monoisotopic (exact) mass is 270 g/mol. The van der Waals surface area contributed by atoms with Crippen LogP contribution in [0, 0.1) is 0 Å². The van der Waals surface area contributed by atoms with Crippen molar-refractivity contribution in [2.45, 2.75) is 32.3 Å². The first-order valence-corrected chi connectivity index (χ1v) is 7.13. The van der Waals surface area contributed by atoms with E-state index in [0.717, 1.165) is 11.3 Å². The van der Waals surface area contributed by atoms with Crippen LogP contribution >= 0.6 is 0 Å². The van der Waals surface area contributed by atoms with Crippen molar-refractivity contribution in [3.05, 3.63) is 65.7 Å². The van der Waals surface area contributed by atoms with Gasteiger partial charge >= 0.3 is 0 Å². The number of benzene rings is 2. The molecule has 0 fully saturated rings. The summed E-state index contributed by atoms with van der Waals surface area (Å²) in [7, 11) is 0. The molecular weight excluding hydrogens is 248 g/mol. The SMILES string of the molecule is CC(C)c1ccccc1OCCC(O)c1ccccc1. The summed E-state index contributed by atoms with van der Waals surface area (Å²) in [5, 5.41) is 10.1. The summed E-state index contributed by atoms with van der Waals surface area (Å²) >= 11 is 0. The van der Waals surface area contributed by atoms with Crippen LogP contribution in [0.2, 0.25) is 0 Å². The van der Waals surface area contributed by atoms with Gasteiger partial charge in [-0.05, 0) is 23.1 Å². The summed E-state index contributed by atoms with van der Waals surface area (Å²) in [5.41, 5.74) is 2.15. The summed E-state index contributed by atoms with van der Waals surface area (Å²) < 4.78 is 5.83. The summed E-state index contributed by atoms with van der Waals surface area (Å²) in [6.45, 7) is 4.82. The van der Waals surface area contributed by atoms with Crippen LogP contribution in [0.5, 0.6) is 5.75 Å². The van der Waals surface area contributed by atoms with Crippen LogP contribution in [0.25, 0.3) is 0 Å². The smallest absolute Gasteiger partial charge is 0.122 e. The van der Waals surface area contributed by atoms with Crippen LogP contribution < -0.4 is 4.74 Å². The molecule has 106 valence electrons. The highest BCUT2D eigenvalue weighted by Crippen LogP contribution is 2.26. The van der Waals surface area contributed by atoms with Crippen molar-refractivity contribution in [1.82, 2.24) is 0 Å². The van der Waals surface area contributed by atoms with Gasteiger partial charge in [0.1, 0.15) is 5.75 Å². The molecule has 2 aromatic carbocycles. The Labute approximate surface area is 121 Å². The molecule has 0 aliphatic carbocycles. The van der Waals surface area contributed by atoms with Crippen molar-refractivity contribution >= 4 is 0 Å². The predicted molar refractivity (Wildman–Crippen MR) is 82.0 cm³/mol. The molecule has 0 aliphatic heterocycles. The van der Waals surface area contributed by atoms with Crippen molar-refractivity contribution in [3.63, 3.8) is 0 Å². The molecule has 0 heterocycles. The quantitative estimate of drug-likeness (QED) is 0.847. The molecule has 2 nitrogen and oxygen atoms in total. The van der Waals surface area contributed by atoms with Gasteiger partial charge in [-0.1, -0.05) is 62.4 Å². The maximum absolute atomic E-state index is 10.1. The minimum Gasteiger partial charge on any atom is -0.493 e. The van der Waals surface area contributed by atoms with E-state index < -0.39 is 6.10 Å². The van der Waals surface area contributed by atoms with Gasteiger partial charge in [0, 0.05) is 6.42 Å². The van der Waals surface area contributed by atoms with E-state index in [1.165, 1.54) is 5.56 Å². The largest absolute Gasteiger partial charge is 0.493 e. The van der Waals surface area contributed by atoms with Gasteiger partial charge in [0.25, 0.3) is 0 Å². The Hall–Kier alpha value is -1.80. The van der Waals surface area contributed by atoms with Gasteiger partial charge in [-0.3, -0.25) is 0 Å². The standard InChI is InChI=1S/C18H22O2/c1-14(2)16-10-6-7-11-18(16)20-13-12-17(19)15-8-4-3-5-9-15/h3-11,14,17,19H,12-13H2,1-2H3. The molecule has 0 radical (unpaired) electrons. The molecule has 1 atom stereocenters. The van der Waals surface area contributed by atoms with E-state index in [1.54, 1.807) is 0 Å².